The third-order valence-corrected chi connectivity index (χ3v) is 14.5. The zero-order valence-electron chi connectivity index (χ0n) is 52.0. The van der Waals surface area contributed by atoms with E-state index in [1.165, 1.54) is 103 Å². The van der Waals surface area contributed by atoms with E-state index >= 15 is 0 Å². The molecule has 0 saturated carbocycles. The number of hydrogen-bond acceptors (Lipinski definition) is 8. The van der Waals surface area contributed by atoms with Gasteiger partial charge in [0.2, 0.25) is 0 Å². The molecule has 458 valence electrons. The van der Waals surface area contributed by atoms with Crippen LogP contribution in [0.15, 0.2) is 122 Å². The molecule has 0 N–H and O–H groups in total. The van der Waals surface area contributed by atoms with E-state index in [1.54, 1.807) is 0 Å². The lowest BCUT2D eigenvalue weighted by Gasteiger charge is -2.28. The molecule has 0 aliphatic carbocycles. The highest BCUT2D eigenvalue weighted by Gasteiger charge is 2.22. The van der Waals surface area contributed by atoms with Crippen LogP contribution >= 0.6 is 7.82 Å². The molecular weight excluding hydrogens is 1010 g/mol. The Bertz CT molecular complexity index is 1760. The van der Waals surface area contributed by atoms with Crippen LogP contribution in [0, 0.1) is 0 Å². The fraction of sp³-hybridized carbons (Fsp3) is 0.686. The van der Waals surface area contributed by atoms with Crippen molar-refractivity contribution in [3.8, 4) is 0 Å². The van der Waals surface area contributed by atoms with E-state index in [-0.39, 0.29) is 32.0 Å². The van der Waals surface area contributed by atoms with Crippen molar-refractivity contribution in [2.75, 3.05) is 47.5 Å². The zero-order chi connectivity index (χ0) is 58.4. The summed E-state index contributed by atoms with van der Waals surface area (Å²) in [4.78, 5) is 37.9. The van der Waals surface area contributed by atoms with Gasteiger partial charge in [-0.3, -0.25) is 14.2 Å². The van der Waals surface area contributed by atoms with Crippen LogP contribution in [0.25, 0.3) is 0 Å². The summed E-state index contributed by atoms with van der Waals surface area (Å²) in [6.07, 6.45) is 85.4. The largest absolute Gasteiger partial charge is 0.756 e. The standard InChI is InChI=1S/C70H120NO8P/c1-6-8-10-12-14-16-18-20-22-24-26-27-28-29-30-31-32-33-34-35-36-37-38-39-40-41-42-43-45-47-49-51-53-55-57-59-61-63-70(73)79-68(67-78-80(74,75)77-65-64-71(3,4)5)66-76-69(72)62-60-58-56-54-52-50-48-46-44-25-23-21-19-17-15-13-11-9-7-2/h8,10,14,16,20,22,26-27,29-30,32-33,35-36,38-39,41-42,45,47,68H,6-7,9,11-13,15,17-19,21,23-25,28,31,34,37,40,43-44,46,48-67H2,1-5H3/b10-8-,16-14-,22-20-,27-26-,30-29-,33-32-,36-35-,39-38-,42-41-,47-45-. The second-order valence-electron chi connectivity index (χ2n) is 22.4. The van der Waals surface area contributed by atoms with Crippen molar-refractivity contribution in [1.82, 2.24) is 0 Å². The van der Waals surface area contributed by atoms with Crippen molar-refractivity contribution in [2.45, 2.75) is 264 Å². The Morgan fingerprint density at radius 3 is 1.06 bits per heavy atom. The van der Waals surface area contributed by atoms with Gasteiger partial charge in [0.05, 0.1) is 27.7 Å². The van der Waals surface area contributed by atoms with Gasteiger partial charge >= 0.3 is 11.9 Å². The molecule has 0 aromatic heterocycles. The highest BCUT2D eigenvalue weighted by molar-refractivity contribution is 7.45. The fourth-order valence-corrected chi connectivity index (χ4v) is 9.30. The van der Waals surface area contributed by atoms with Crippen LogP contribution in [0.2, 0.25) is 0 Å². The van der Waals surface area contributed by atoms with Crippen LogP contribution in [0.5, 0.6) is 0 Å². The van der Waals surface area contributed by atoms with Gasteiger partial charge in [0, 0.05) is 12.8 Å². The van der Waals surface area contributed by atoms with E-state index in [9.17, 15) is 19.0 Å². The third kappa shape index (κ3) is 63.6. The minimum atomic E-state index is -4.65. The lowest BCUT2D eigenvalue weighted by Crippen LogP contribution is -2.37. The maximum absolute atomic E-state index is 12.8. The molecule has 9 nitrogen and oxygen atoms in total. The topological polar surface area (TPSA) is 111 Å². The number of hydrogen-bond donors (Lipinski definition) is 0. The highest BCUT2D eigenvalue weighted by atomic mass is 31.2. The van der Waals surface area contributed by atoms with Crippen molar-refractivity contribution in [3.05, 3.63) is 122 Å². The van der Waals surface area contributed by atoms with Crippen LogP contribution in [-0.2, 0) is 32.7 Å². The first-order valence-corrected chi connectivity index (χ1v) is 33.7. The minimum absolute atomic E-state index is 0.0384. The molecule has 0 aromatic rings. The van der Waals surface area contributed by atoms with Crippen molar-refractivity contribution in [1.29, 1.82) is 0 Å². The quantitative estimate of drug-likeness (QED) is 0.0195. The molecule has 0 aromatic carbocycles. The molecule has 0 aliphatic heterocycles. The average Bonchev–Trinajstić information content (AvgIpc) is 3.42. The number of unbranched alkanes of at least 4 members (excludes halogenated alkanes) is 24. The molecule has 0 rings (SSSR count). The van der Waals surface area contributed by atoms with Gasteiger partial charge in [-0.25, -0.2) is 0 Å². The minimum Gasteiger partial charge on any atom is -0.756 e. The molecule has 0 radical (unpaired) electrons. The van der Waals surface area contributed by atoms with Gasteiger partial charge in [0.15, 0.2) is 6.10 Å². The normalized spacial score (nSPS) is 14.0. The van der Waals surface area contributed by atoms with Crippen LogP contribution in [0.1, 0.15) is 258 Å². The number of quaternary nitrogens is 1. The van der Waals surface area contributed by atoms with Gasteiger partial charge < -0.3 is 27.9 Å². The molecule has 10 heteroatoms. The second kappa shape index (κ2) is 60.0. The van der Waals surface area contributed by atoms with E-state index in [4.69, 9.17) is 18.5 Å². The predicted molar refractivity (Wildman–Crippen MR) is 341 cm³/mol. The summed E-state index contributed by atoms with van der Waals surface area (Å²) in [5.74, 6) is -0.849. The van der Waals surface area contributed by atoms with Gasteiger partial charge in [0.25, 0.3) is 7.82 Å². The first kappa shape index (κ1) is 76.4. The van der Waals surface area contributed by atoms with E-state index < -0.39 is 26.5 Å². The lowest BCUT2D eigenvalue weighted by molar-refractivity contribution is -0.870. The smallest absolute Gasteiger partial charge is 0.306 e. The number of phosphoric ester groups is 1. The number of likely N-dealkylation sites (N-methyl/N-ethyl adjacent to an activating group) is 1. The Balaban J connectivity index is 4.17. The fourth-order valence-electron chi connectivity index (χ4n) is 8.57. The van der Waals surface area contributed by atoms with E-state index in [2.05, 4.69) is 135 Å². The van der Waals surface area contributed by atoms with Crippen molar-refractivity contribution in [2.24, 2.45) is 0 Å². The highest BCUT2D eigenvalue weighted by Crippen LogP contribution is 2.38. The molecule has 2 atom stereocenters. The second-order valence-corrected chi connectivity index (χ2v) is 23.8. The number of rotatable bonds is 58. The van der Waals surface area contributed by atoms with Crippen molar-refractivity contribution >= 4 is 19.8 Å². The zero-order valence-corrected chi connectivity index (χ0v) is 52.9. The maximum Gasteiger partial charge on any atom is 0.306 e. The summed E-state index contributed by atoms with van der Waals surface area (Å²) in [7, 11) is 1.15. The number of allylic oxidation sites excluding steroid dienone is 20. The number of ether oxygens (including phenoxy) is 2. The Hall–Kier alpha value is -3.59. The van der Waals surface area contributed by atoms with Gasteiger partial charge in [-0.2, -0.15) is 0 Å². The number of carbonyl (C=O) groups is 2. The summed E-state index contributed by atoms with van der Waals surface area (Å²) < 4.78 is 34.2. The van der Waals surface area contributed by atoms with Crippen LogP contribution < -0.4 is 4.89 Å². The van der Waals surface area contributed by atoms with Gasteiger partial charge in [-0.1, -0.05) is 277 Å². The molecule has 0 amide bonds. The van der Waals surface area contributed by atoms with Gasteiger partial charge in [0.1, 0.15) is 19.8 Å². The summed E-state index contributed by atoms with van der Waals surface area (Å²) >= 11 is 0. The Labute approximate surface area is 492 Å². The molecule has 0 saturated heterocycles. The first-order chi connectivity index (χ1) is 39.0. The predicted octanol–water partition coefficient (Wildman–Crippen LogP) is 20.1. The number of nitrogens with zero attached hydrogens (tertiary/aromatic N) is 1. The van der Waals surface area contributed by atoms with Crippen molar-refractivity contribution < 1.29 is 42.1 Å². The van der Waals surface area contributed by atoms with Crippen molar-refractivity contribution in [3.63, 3.8) is 0 Å². The summed E-state index contributed by atoms with van der Waals surface area (Å²) in [5.41, 5.74) is 0. The molecule has 0 spiro atoms. The molecule has 0 fully saturated rings. The Morgan fingerprint density at radius 2 is 0.713 bits per heavy atom. The Kier molecular flexibility index (Phi) is 57.3. The molecule has 0 heterocycles. The lowest BCUT2D eigenvalue weighted by atomic mass is 10.0. The van der Waals surface area contributed by atoms with E-state index in [1.807, 2.05) is 21.1 Å². The van der Waals surface area contributed by atoms with E-state index in [0.29, 0.717) is 17.4 Å². The SMILES string of the molecule is CC/C=C\C/C=C\C/C=C\C/C=C\C/C=C\C/C=C\C/C=C\C/C=C\C/C=C\C/C=C\CCCCCCCCC(=O)OC(COC(=O)CCCCCCCCCCCCCCCCCCCCC)COP(=O)([O-])OCC[N+](C)(C)C. The van der Waals surface area contributed by atoms with Crippen LogP contribution in [0.3, 0.4) is 0 Å². The van der Waals surface area contributed by atoms with Crippen LogP contribution in [-0.4, -0.2) is 70.0 Å². The molecule has 2 unspecified atom stereocenters. The Morgan fingerprint density at radius 1 is 0.400 bits per heavy atom. The number of phosphoric acid groups is 1. The first-order valence-electron chi connectivity index (χ1n) is 32.2. The average molecular weight is 1130 g/mol. The maximum atomic E-state index is 12.8. The molecule has 0 bridgehead atoms. The molecule has 0 aliphatic rings. The summed E-state index contributed by atoms with van der Waals surface area (Å²) in [5, 5.41) is 0. The van der Waals surface area contributed by atoms with Gasteiger partial charge in [-0.05, 0) is 89.9 Å². The third-order valence-electron chi connectivity index (χ3n) is 13.5. The van der Waals surface area contributed by atoms with Crippen LogP contribution in [0.4, 0.5) is 0 Å². The number of carbonyl (C=O) groups excluding carboxylic acids is 2. The van der Waals surface area contributed by atoms with Gasteiger partial charge in [-0.15, -0.1) is 0 Å². The molecular formula is C70H120NO8P. The number of esters is 2. The van der Waals surface area contributed by atoms with E-state index in [0.717, 1.165) is 122 Å². The molecule has 80 heavy (non-hydrogen) atoms. The monoisotopic (exact) mass is 1130 g/mol. The summed E-state index contributed by atoms with van der Waals surface area (Å²) in [6, 6.07) is 0. The summed E-state index contributed by atoms with van der Waals surface area (Å²) in [6.45, 7) is 4.12.